The average molecular weight is 283 g/mol. The van der Waals surface area contributed by atoms with Crippen LogP contribution < -0.4 is 10.1 Å². The number of aryl methyl sites for hydroxylation is 1. The normalized spacial score (nSPS) is 10.5. The summed E-state index contributed by atoms with van der Waals surface area (Å²) < 4.78 is 5.65. The van der Waals surface area contributed by atoms with Crippen molar-refractivity contribution in [2.45, 2.75) is 25.7 Å². The molecular formula is C19H25NO. The quantitative estimate of drug-likeness (QED) is 0.664. The van der Waals surface area contributed by atoms with Gasteiger partial charge in [0.2, 0.25) is 0 Å². The van der Waals surface area contributed by atoms with Gasteiger partial charge in [0.05, 0.1) is 6.61 Å². The van der Waals surface area contributed by atoms with Crippen molar-refractivity contribution in [1.82, 2.24) is 5.32 Å². The van der Waals surface area contributed by atoms with Crippen molar-refractivity contribution in [2.75, 3.05) is 19.7 Å². The lowest BCUT2D eigenvalue weighted by Gasteiger charge is -2.07. The van der Waals surface area contributed by atoms with E-state index >= 15 is 0 Å². The molecule has 0 aliphatic carbocycles. The molecule has 112 valence electrons. The molecule has 0 aromatic heterocycles. The Hall–Kier alpha value is -1.80. The fourth-order valence-corrected chi connectivity index (χ4v) is 2.25. The predicted octanol–water partition coefficient (Wildman–Crippen LogP) is 4.07. The second-order valence-corrected chi connectivity index (χ2v) is 5.21. The lowest BCUT2D eigenvalue weighted by atomic mass is 10.1. The minimum absolute atomic E-state index is 0.779. The van der Waals surface area contributed by atoms with Crippen LogP contribution in [0.25, 0.3) is 0 Å². The number of para-hydroxylation sites is 1. The highest BCUT2D eigenvalue weighted by atomic mass is 16.5. The van der Waals surface area contributed by atoms with Gasteiger partial charge in [-0.2, -0.15) is 0 Å². The summed E-state index contributed by atoms with van der Waals surface area (Å²) in [6.07, 6.45) is 4.71. The van der Waals surface area contributed by atoms with E-state index in [1.54, 1.807) is 0 Å². The second kappa shape index (κ2) is 10.0. The third-order valence-electron chi connectivity index (χ3n) is 3.42. The molecule has 1 N–H and O–H groups in total. The van der Waals surface area contributed by atoms with Gasteiger partial charge in [-0.05, 0) is 56.5 Å². The number of nitrogens with one attached hydrogen (secondary N) is 1. The molecule has 2 rings (SSSR count). The molecule has 0 bridgehead atoms. The molecule has 0 radical (unpaired) electrons. The molecule has 0 saturated carbocycles. The van der Waals surface area contributed by atoms with Crippen LogP contribution in [-0.2, 0) is 6.42 Å². The first-order chi connectivity index (χ1) is 10.4. The van der Waals surface area contributed by atoms with E-state index in [0.717, 1.165) is 31.9 Å². The summed E-state index contributed by atoms with van der Waals surface area (Å²) in [6.45, 7) is 2.90. The van der Waals surface area contributed by atoms with Crippen LogP contribution in [0.15, 0.2) is 60.7 Å². The lowest BCUT2D eigenvalue weighted by molar-refractivity contribution is 0.308. The van der Waals surface area contributed by atoms with Crippen LogP contribution in [0.4, 0.5) is 0 Å². The van der Waals surface area contributed by atoms with Crippen molar-refractivity contribution in [1.29, 1.82) is 0 Å². The van der Waals surface area contributed by atoms with Crippen LogP contribution in [-0.4, -0.2) is 19.7 Å². The van der Waals surface area contributed by atoms with Crippen molar-refractivity contribution in [3.63, 3.8) is 0 Å². The van der Waals surface area contributed by atoms with Crippen LogP contribution >= 0.6 is 0 Å². The molecule has 0 heterocycles. The van der Waals surface area contributed by atoms with Gasteiger partial charge in [-0.1, -0.05) is 48.5 Å². The first-order valence-corrected chi connectivity index (χ1v) is 7.87. The number of hydrogen-bond acceptors (Lipinski definition) is 2. The largest absolute Gasteiger partial charge is 0.494 e. The summed E-state index contributed by atoms with van der Waals surface area (Å²) in [5.74, 6) is 0.959. The van der Waals surface area contributed by atoms with E-state index < -0.39 is 0 Å². The van der Waals surface area contributed by atoms with Crippen molar-refractivity contribution in [3.05, 3.63) is 66.2 Å². The topological polar surface area (TPSA) is 21.3 Å². The molecule has 2 aromatic carbocycles. The summed E-state index contributed by atoms with van der Waals surface area (Å²) in [5, 5.41) is 3.48. The Bertz CT molecular complexity index is 424. The van der Waals surface area contributed by atoms with Crippen molar-refractivity contribution >= 4 is 0 Å². The molecule has 0 unspecified atom stereocenters. The van der Waals surface area contributed by atoms with E-state index in [-0.39, 0.29) is 0 Å². The number of benzene rings is 2. The highest BCUT2D eigenvalue weighted by Crippen LogP contribution is 2.08. The predicted molar refractivity (Wildman–Crippen MR) is 88.8 cm³/mol. The Morgan fingerprint density at radius 1 is 0.714 bits per heavy atom. The van der Waals surface area contributed by atoms with Gasteiger partial charge in [-0.25, -0.2) is 0 Å². The standard InChI is InChI=1S/C19H25NO/c1-3-10-18(11-4-1)12-7-8-15-20-16-9-17-21-19-13-5-2-6-14-19/h1-6,10-11,13-14,20H,7-9,12,15-17H2. The molecule has 0 saturated heterocycles. The molecule has 0 aliphatic heterocycles. The Labute approximate surface area is 128 Å². The molecule has 0 aliphatic rings. The third kappa shape index (κ3) is 6.96. The van der Waals surface area contributed by atoms with Gasteiger partial charge < -0.3 is 10.1 Å². The highest BCUT2D eigenvalue weighted by molar-refractivity contribution is 5.20. The molecule has 0 atom stereocenters. The van der Waals surface area contributed by atoms with Crippen LogP contribution in [0.3, 0.4) is 0 Å². The van der Waals surface area contributed by atoms with Gasteiger partial charge in [0, 0.05) is 0 Å². The molecule has 0 spiro atoms. The van der Waals surface area contributed by atoms with Crippen molar-refractivity contribution in [3.8, 4) is 5.75 Å². The van der Waals surface area contributed by atoms with E-state index in [9.17, 15) is 0 Å². The summed E-state index contributed by atoms with van der Waals surface area (Å²) in [7, 11) is 0. The van der Waals surface area contributed by atoms with Crippen molar-refractivity contribution < 1.29 is 4.74 Å². The molecule has 2 aromatic rings. The Morgan fingerprint density at radius 2 is 1.38 bits per heavy atom. The first kappa shape index (κ1) is 15.6. The SMILES string of the molecule is c1ccc(CCCCNCCCOc2ccccc2)cc1. The summed E-state index contributed by atoms with van der Waals surface area (Å²) in [4.78, 5) is 0. The van der Waals surface area contributed by atoms with Gasteiger partial charge in [-0.15, -0.1) is 0 Å². The fraction of sp³-hybridized carbons (Fsp3) is 0.368. The van der Waals surface area contributed by atoms with Crippen LogP contribution in [0.5, 0.6) is 5.75 Å². The van der Waals surface area contributed by atoms with E-state index in [2.05, 4.69) is 35.6 Å². The Kier molecular flexibility index (Phi) is 7.42. The van der Waals surface area contributed by atoms with Gasteiger partial charge in [0.15, 0.2) is 0 Å². The number of hydrogen-bond donors (Lipinski definition) is 1. The van der Waals surface area contributed by atoms with Crippen LogP contribution in [0, 0.1) is 0 Å². The zero-order chi connectivity index (χ0) is 14.6. The Balaban J connectivity index is 1.40. The minimum Gasteiger partial charge on any atom is -0.494 e. The minimum atomic E-state index is 0.779. The molecule has 2 nitrogen and oxygen atoms in total. The van der Waals surface area contributed by atoms with Crippen LogP contribution in [0.2, 0.25) is 0 Å². The smallest absolute Gasteiger partial charge is 0.119 e. The van der Waals surface area contributed by atoms with Gasteiger partial charge in [0.1, 0.15) is 5.75 Å². The van der Waals surface area contributed by atoms with E-state index in [0.29, 0.717) is 0 Å². The maximum absolute atomic E-state index is 5.65. The number of unbranched alkanes of at least 4 members (excludes halogenated alkanes) is 1. The number of rotatable bonds is 10. The molecule has 21 heavy (non-hydrogen) atoms. The molecule has 0 fully saturated rings. The first-order valence-electron chi connectivity index (χ1n) is 7.87. The summed E-state index contributed by atoms with van der Waals surface area (Å²) >= 11 is 0. The maximum atomic E-state index is 5.65. The van der Waals surface area contributed by atoms with Gasteiger partial charge in [-0.3, -0.25) is 0 Å². The lowest BCUT2D eigenvalue weighted by Crippen LogP contribution is -2.18. The molecule has 2 heteroatoms. The van der Waals surface area contributed by atoms with E-state index in [1.165, 1.54) is 24.8 Å². The van der Waals surface area contributed by atoms with E-state index in [1.807, 2.05) is 30.3 Å². The molecule has 0 amide bonds. The van der Waals surface area contributed by atoms with E-state index in [4.69, 9.17) is 4.74 Å². The van der Waals surface area contributed by atoms with Gasteiger partial charge in [0.25, 0.3) is 0 Å². The zero-order valence-corrected chi connectivity index (χ0v) is 12.6. The summed E-state index contributed by atoms with van der Waals surface area (Å²) in [5.41, 5.74) is 1.44. The average Bonchev–Trinajstić information content (AvgIpc) is 2.55. The zero-order valence-electron chi connectivity index (χ0n) is 12.6. The monoisotopic (exact) mass is 283 g/mol. The third-order valence-corrected chi connectivity index (χ3v) is 3.42. The summed E-state index contributed by atoms with van der Waals surface area (Å²) in [6, 6.07) is 20.7. The molecular weight excluding hydrogens is 258 g/mol. The van der Waals surface area contributed by atoms with Gasteiger partial charge >= 0.3 is 0 Å². The number of ether oxygens (including phenoxy) is 1. The van der Waals surface area contributed by atoms with Crippen molar-refractivity contribution in [2.24, 2.45) is 0 Å². The fourth-order valence-electron chi connectivity index (χ4n) is 2.25. The maximum Gasteiger partial charge on any atom is 0.119 e. The van der Waals surface area contributed by atoms with Crippen LogP contribution in [0.1, 0.15) is 24.8 Å². The highest BCUT2D eigenvalue weighted by Gasteiger charge is 1.94. The second-order valence-electron chi connectivity index (χ2n) is 5.21. The Morgan fingerprint density at radius 3 is 2.14 bits per heavy atom.